The molecule has 3 nitrogen and oxygen atoms in total. The molecule has 0 unspecified atom stereocenters. The average Bonchev–Trinajstić information content (AvgIpc) is 2.50. The van der Waals surface area contributed by atoms with Crippen LogP contribution in [0.15, 0.2) is 27.6 Å². The fraction of sp³-hybridized carbons (Fsp3) is 0.538. The normalized spacial score (nSPS) is 20.6. The number of sulfonamides is 1. The molecule has 1 fully saturated rings. The minimum Gasteiger partial charge on any atom is -0.207 e. The molecule has 0 amide bonds. The van der Waals surface area contributed by atoms with Crippen molar-refractivity contribution in [2.45, 2.75) is 29.9 Å². The first-order valence-corrected chi connectivity index (χ1v) is 9.53. The van der Waals surface area contributed by atoms with Crippen molar-refractivity contribution < 1.29 is 12.8 Å². The van der Waals surface area contributed by atoms with Crippen LogP contribution >= 0.6 is 27.7 Å². The monoisotopic (exact) mass is 381 g/mol. The summed E-state index contributed by atoms with van der Waals surface area (Å²) in [5, 5.41) is 0. The van der Waals surface area contributed by atoms with Crippen LogP contribution < -0.4 is 0 Å². The summed E-state index contributed by atoms with van der Waals surface area (Å²) in [6.45, 7) is 5.23. The van der Waals surface area contributed by atoms with Crippen molar-refractivity contribution >= 4 is 37.7 Å². The third-order valence-electron chi connectivity index (χ3n) is 3.31. The van der Waals surface area contributed by atoms with E-state index in [1.54, 1.807) is 11.8 Å². The van der Waals surface area contributed by atoms with Gasteiger partial charge in [-0.1, -0.05) is 13.8 Å². The molecule has 1 heterocycles. The fourth-order valence-electron chi connectivity index (χ4n) is 2.07. The van der Waals surface area contributed by atoms with Gasteiger partial charge in [0.2, 0.25) is 10.0 Å². The molecular weight excluding hydrogens is 365 g/mol. The molecule has 0 aliphatic carbocycles. The molecular formula is C13H17BrFNO2S2. The van der Waals surface area contributed by atoms with Crippen LogP contribution in [-0.4, -0.2) is 36.3 Å². The third kappa shape index (κ3) is 3.55. The van der Waals surface area contributed by atoms with Crippen LogP contribution in [0.5, 0.6) is 0 Å². The van der Waals surface area contributed by atoms with Gasteiger partial charge in [0.05, 0.1) is 4.90 Å². The second kappa shape index (κ2) is 5.94. The van der Waals surface area contributed by atoms with E-state index in [-0.39, 0.29) is 14.1 Å². The third-order valence-corrected chi connectivity index (χ3v) is 7.56. The standard InChI is InChI=1S/C13H17BrFNO2S2/c1-13(2)5-6-16(7-8-19-13)20(17,18)12-4-3-10(15)9-11(12)14/h3-4,9H,5-8H2,1-2H3. The maximum Gasteiger partial charge on any atom is 0.244 e. The molecule has 0 N–H and O–H groups in total. The van der Waals surface area contributed by atoms with Gasteiger partial charge in [-0.3, -0.25) is 0 Å². The topological polar surface area (TPSA) is 37.4 Å². The van der Waals surface area contributed by atoms with Gasteiger partial charge < -0.3 is 0 Å². The SMILES string of the molecule is CC1(C)CCN(S(=O)(=O)c2ccc(F)cc2Br)CCS1. The van der Waals surface area contributed by atoms with E-state index in [9.17, 15) is 12.8 Å². The summed E-state index contributed by atoms with van der Waals surface area (Å²) in [5.74, 6) is 0.314. The minimum absolute atomic E-state index is 0.0876. The molecule has 112 valence electrons. The van der Waals surface area contributed by atoms with Gasteiger partial charge in [-0.05, 0) is 40.5 Å². The predicted octanol–water partition coefficient (Wildman–Crippen LogP) is 3.49. The van der Waals surface area contributed by atoms with E-state index in [1.165, 1.54) is 22.5 Å². The molecule has 1 aliphatic heterocycles. The lowest BCUT2D eigenvalue weighted by molar-refractivity contribution is 0.415. The van der Waals surface area contributed by atoms with Crippen LogP contribution in [0.2, 0.25) is 0 Å². The number of halogens is 2. The van der Waals surface area contributed by atoms with Gasteiger partial charge in [-0.15, -0.1) is 0 Å². The Kier molecular flexibility index (Phi) is 4.83. The summed E-state index contributed by atoms with van der Waals surface area (Å²) in [7, 11) is -3.58. The highest BCUT2D eigenvalue weighted by Crippen LogP contribution is 2.33. The summed E-state index contributed by atoms with van der Waals surface area (Å²) >= 11 is 4.93. The second-order valence-corrected chi connectivity index (χ2v) is 9.90. The zero-order chi connectivity index (χ0) is 15.0. The van der Waals surface area contributed by atoms with E-state index in [0.29, 0.717) is 13.1 Å². The zero-order valence-electron chi connectivity index (χ0n) is 11.4. The Hall–Kier alpha value is -0.110. The number of hydrogen-bond donors (Lipinski definition) is 0. The molecule has 0 atom stereocenters. The highest BCUT2D eigenvalue weighted by Gasteiger charge is 2.31. The Morgan fingerprint density at radius 1 is 1.35 bits per heavy atom. The van der Waals surface area contributed by atoms with Gasteiger partial charge in [-0.2, -0.15) is 16.1 Å². The van der Waals surface area contributed by atoms with E-state index < -0.39 is 15.8 Å². The van der Waals surface area contributed by atoms with Crippen molar-refractivity contribution in [1.82, 2.24) is 4.31 Å². The van der Waals surface area contributed by atoms with Crippen LogP contribution in [-0.2, 0) is 10.0 Å². The first kappa shape index (κ1) is 16.3. The summed E-state index contributed by atoms with van der Waals surface area (Å²) in [4.78, 5) is 0.128. The van der Waals surface area contributed by atoms with Gasteiger partial charge in [0.1, 0.15) is 5.82 Å². The maximum atomic E-state index is 13.1. The molecule has 1 aliphatic rings. The first-order valence-electron chi connectivity index (χ1n) is 6.31. The largest absolute Gasteiger partial charge is 0.244 e. The lowest BCUT2D eigenvalue weighted by Gasteiger charge is -2.22. The molecule has 0 bridgehead atoms. The summed E-state index contributed by atoms with van der Waals surface area (Å²) < 4.78 is 40.2. The summed E-state index contributed by atoms with van der Waals surface area (Å²) in [5.41, 5.74) is 0. The lowest BCUT2D eigenvalue weighted by Crippen LogP contribution is -2.33. The first-order chi connectivity index (χ1) is 9.22. The number of nitrogens with zero attached hydrogens (tertiary/aromatic N) is 1. The Morgan fingerprint density at radius 2 is 2.05 bits per heavy atom. The molecule has 0 radical (unpaired) electrons. The highest BCUT2D eigenvalue weighted by molar-refractivity contribution is 9.10. The molecule has 0 aromatic heterocycles. The van der Waals surface area contributed by atoms with Gasteiger partial charge in [0, 0.05) is 28.1 Å². The van der Waals surface area contributed by atoms with Crippen LogP contribution in [0, 0.1) is 5.82 Å². The van der Waals surface area contributed by atoms with Crippen LogP contribution in [0.4, 0.5) is 4.39 Å². The number of hydrogen-bond acceptors (Lipinski definition) is 3. The fourth-order valence-corrected chi connectivity index (χ4v) is 5.73. The van der Waals surface area contributed by atoms with Crippen LogP contribution in [0.25, 0.3) is 0 Å². The van der Waals surface area contributed by atoms with Crippen LogP contribution in [0.3, 0.4) is 0 Å². The second-order valence-electron chi connectivity index (χ2n) is 5.34. The van der Waals surface area contributed by atoms with E-state index in [1.807, 2.05) is 0 Å². The van der Waals surface area contributed by atoms with E-state index >= 15 is 0 Å². The summed E-state index contributed by atoms with van der Waals surface area (Å²) in [6.07, 6.45) is 0.801. The van der Waals surface area contributed by atoms with Gasteiger partial charge in [-0.25, -0.2) is 12.8 Å². The van der Waals surface area contributed by atoms with Gasteiger partial charge in [0.15, 0.2) is 0 Å². The van der Waals surface area contributed by atoms with Crippen molar-refractivity contribution in [3.8, 4) is 0 Å². The van der Waals surface area contributed by atoms with Gasteiger partial charge in [0.25, 0.3) is 0 Å². The van der Waals surface area contributed by atoms with Gasteiger partial charge >= 0.3 is 0 Å². The Balaban J connectivity index is 2.30. The molecule has 1 saturated heterocycles. The Labute approximate surface area is 132 Å². The smallest absolute Gasteiger partial charge is 0.207 e. The number of thioether (sulfide) groups is 1. The maximum absolute atomic E-state index is 13.1. The highest BCUT2D eigenvalue weighted by atomic mass is 79.9. The lowest BCUT2D eigenvalue weighted by atomic mass is 10.1. The number of rotatable bonds is 2. The van der Waals surface area contributed by atoms with Crippen molar-refractivity contribution in [1.29, 1.82) is 0 Å². The van der Waals surface area contributed by atoms with E-state index in [0.717, 1.165) is 12.2 Å². The van der Waals surface area contributed by atoms with E-state index in [2.05, 4.69) is 29.8 Å². The Morgan fingerprint density at radius 3 is 2.70 bits per heavy atom. The molecule has 1 aromatic rings. The Bertz CT molecular complexity index is 604. The van der Waals surface area contributed by atoms with E-state index in [4.69, 9.17) is 0 Å². The van der Waals surface area contributed by atoms with Crippen molar-refractivity contribution in [3.05, 3.63) is 28.5 Å². The number of benzene rings is 1. The zero-order valence-corrected chi connectivity index (χ0v) is 14.6. The quantitative estimate of drug-likeness (QED) is 0.786. The molecule has 7 heteroatoms. The molecule has 2 rings (SSSR count). The van der Waals surface area contributed by atoms with Crippen molar-refractivity contribution in [3.63, 3.8) is 0 Å². The molecule has 0 saturated carbocycles. The molecule has 1 aromatic carbocycles. The summed E-state index contributed by atoms with van der Waals surface area (Å²) in [6, 6.07) is 3.68. The molecule has 0 spiro atoms. The predicted molar refractivity (Wildman–Crippen MR) is 84.0 cm³/mol. The van der Waals surface area contributed by atoms with Crippen molar-refractivity contribution in [2.75, 3.05) is 18.8 Å². The van der Waals surface area contributed by atoms with Crippen molar-refractivity contribution in [2.24, 2.45) is 0 Å². The molecule has 20 heavy (non-hydrogen) atoms. The van der Waals surface area contributed by atoms with Crippen LogP contribution in [0.1, 0.15) is 20.3 Å². The minimum atomic E-state index is -3.58. The average molecular weight is 382 g/mol.